The molecule has 2 aromatic rings. The lowest BCUT2D eigenvalue weighted by molar-refractivity contribution is -0.123. The third kappa shape index (κ3) is 3.35. The Kier molecular flexibility index (Phi) is 5.39. The summed E-state index contributed by atoms with van der Waals surface area (Å²) in [4.78, 5) is 11.4. The fourth-order valence-corrected chi connectivity index (χ4v) is 6.05. The fourth-order valence-electron chi connectivity index (χ4n) is 3.88. The van der Waals surface area contributed by atoms with Crippen LogP contribution in [-0.4, -0.2) is 14.3 Å². The van der Waals surface area contributed by atoms with Crippen LogP contribution in [0.1, 0.15) is 36.8 Å². The number of carbonyl (C=O) groups is 1. The van der Waals surface area contributed by atoms with Gasteiger partial charge in [-0.25, -0.2) is 17.2 Å². The van der Waals surface area contributed by atoms with Crippen molar-refractivity contribution in [3.63, 3.8) is 0 Å². The van der Waals surface area contributed by atoms with Gasteiger partial charge in [0.25, 0.3) is 0 Å². The summed E-state index contributed by atoms with van der Waals surface area (Å²) < 4.78 is 54.1. The van der Waals surface area contributed by atoms with Crippen LogP contribution in [0.15, 0.2) is 53.9 Å². The molecule has 147 valence electrons. The Morgan fingerprint density at radius 2 is 1.71 bits per heavy atom. The van der Waals surface area contributed by atoms with E-state index in [-0.39, 0.29) is 36.1 Å². The van der Waals surface area contributed by atoms with Crippen LogP contribution in [0, 0.1) is 17.6 Å². The second-order valence-corrected chi connectivity index (χ2v) is 9.29. The summed E-state index contributed by atoms with van der Waals surface area (Å²) in [5.74, 6) is -2.89. The van der Waals surface area contributed by atoms with E-state index < -0.39 is 38.0 Å². The molecule has 0 spiro atoms. The van der Waals surface area contributed by atoms with Crippen molar-refractivity contribution >= 4 is 21.8 Å². The molecule has 1 fully saturated rings. The van der Waals surface area contributed by atoms with Gasteiger partial charge < -0.3 is 0 Å². The molecule has 1 N–H and O–H groups in total. The molecule has 0 heterocycles. The van der Waals surface area contributed by atoms with Gasteiger partial charge in [-0.05, 0) is 61.6 Å². The predicted molar refractivity (Wildman–Crippen MR) is 102 cm³/mol. The molecule has 1 amide bonds. The van der Waals surface area contributed by atoms with Crippen LogP contribution >= 0.6 is 0 Å². The Balaban J connectivity index is 2.17. The summed E-state index contributed by atoms with van der Waals surface area (Å²) in [5.41, 5.74) is 7.82. The standard InChI is InChI=1S/C21H20F2NO3S/c1-2-14-3-6-17(7-4-14)28(26,27)21(11-9-15(10-12-21)20(24)25)18-13-16(22)5-8-19(18)23/h2-8,13,15,24H,1,9-12H2. The molecule has 1 saturated carbocycles. The molecule has 0 aliphatic heterocycles. The summed E-state index contributed by atoms with van der Waals surface area (Å²) in [6.07, 6.45) is 1.70. The summed E-state index contributed by atoms with van der Waals surface area (Å²) in [6, 6.07) is 8.82. The predicted octanol–water partition coefficient (Wildman–Crippen LogP) is 4.28. The minimum absolute atomic E-state index is 0.00240. The van der Waals surface area contributed by atoms with E-state index >= 15 is 0 Å². The van der Waals surface area contributed by atoms with Crippen molar-refractivity contribution in [2.45, 2.75) is 35.3 Å². The summed E-state index contributed by atoms with van der Waals surface area (Å²) in [7, 11) is -4.10. The van der Waals surface area contributed by atoms with E-state index in [4.69, 9.17) is 5.73 Å². The lowest BCUT2D eigenvalue weighted by atomic mass is 9.77. The highest BCUT2D eigenvalue weighted by atomic mass is 32.2. The summed E-state index contributed by atoms with van der Waals surface area (Å²) in [6.45, 7) is 3.63. The maximum atomic E-state index is 14.7. The van der Waals surface area contributed by atoms with Crippen molar-refractivity contribution in [1.29, 1.82) is 0 Å². The van der Waals surface area contributed by atoms with Crippen molar-refractivity contribution in [1.82, 2.24) is 5.73 Å². The molecule has 0 bridgehead atoms. The van der Waals surface area contributed by atoms with E-state index in [1.54, 1.807) is 18.2 Å². The van der Waals surface area contributed by atoms with Crippen LogP contribution in [0.5, 0.6) is 0 Å². The Bertz CT molecular complexity index is 1010. The minimum atomic E-state index is -4.10. The van der Waals surface area contributed by atoms with Gasteiger partial charge in [0.15, 0.2) is 9.84 Å². The number of halogens is 2. The van der Waals surface area contributed by atoms with Crippen molar-refractivity contribution in [3.05, 3.63) is 71.8 Å². The van der Waals surface area contributed by atoms with Crippen molar-refractivity contribution in [3.8, 4) is 0 Å². The summed E-state index contributed by atoms with van der Waals surface area (Å²) in [5, 5.41) is 0. The number of sulfone groups is 1. The Morgan fingerprint density at radius 1 is 1.11 bits per heavy atom. The first-order chi connectivity index (χ1) is 13.2. The summed E-state index contributed by atoms with van der Waals surface area (Å²) >= 11 is 0. The SMILES string of the molecule is C=Cc1ccc(S(=O)(=O)C2(c3cc(F)ccc3F)CCC(C([NH])=O)CC2)cc1. The average molecular weight is 404 g/mol. The molecular formula is C21H20F2NO3S. The van der Waals surface area contributed by atoms with Crippen molar-refractivity contribution < 1.29 is 22.0 Å². The number of rotatable bonds is 5. The number of carbonyl (C=O) groups excluding carboxylic acids is 1. The number of benzene rings is 2. The van der Waals surface area contributed by atoms with Gasteiger partial charge in [0.05, 0.1) is 4.90 Å². The molecule has 7 heteroatoms. The lowest BCUT2D eigenvalue weighted by Crippen LogP contribution is -2.42. The van der Waals surface area contributed by atoms with Gasteiger partial charge in [-0.15, -0.1) is 0 Å². The smallest absolute Gasteiger partial charge is 0.241 e. The van der Waals surface area contributed by atoms with Crippen LogP contribution in [-0.2, 0) is 19.4 Å². The first kappa shape index (κ1) is 20.2. The maximum absolute atomic E-state index is 14.7. The monoisotopic (exact) mass is 404 g/mol. The van der Waals surface area contributed by atoms with E-state index in [1.807, 2.05) is 0 Å². The van der Waals surface area contributed by atoms with Crippen LogP contribution in [0.25, 0.3) is 6.08 Å². The molecule has 1 aliphatic rings. The van der Waals surface area contributed by atoms with Gasteiger partial charge in [0.1, 0.15) is 16.4 Å². The fraction of sp³-hybridized carbons (Fsp3) is 0.286. The van der Waals surface area contributed by atoms with Gasteiger partial charge >= 0.3 is 0 Å². The maximum Gasteiger partial charge on any atom is 0.241 e. The molecule has 1 aliphatic carbocycles. The van der Waals surface area contributed by atoms with E-state index in [2.05, 4.69) is 6.58 Å². The molecule has 0 atom stereocenters. The van der Waals surface area contributed by atoms with Crippen LogP contribution in [0.3, 0.4) is 0 Å². The highest BCUT2D eigenvalue weighted by molar-refractivity contribution is 7.92. The average Bonchev–Trinajstić information content (AvgIpc) is 2.69. The molecule has 1 radical (unpaired) electrons. The van der Waals surface area contributed by atoms with Crippen molar-refractivity contribution in [2.75, 3.05) is 0 Å². The molecule has 4 nitrogen and oxygen atoms in total. The normalized spacial score (nSPS) is 22.6. The topological polar surface area (TPSA) is 75.0 Å². The number of hydrogen-bond acceptors (Lipinski definition) is 3. The minimum Gasteiger partial charge on any atom is -0.273 e. The van der Waals surface area contributed by atoms with Gasteiger partial charge in [-0.1, -0.05) is 24.8 Å². The number of amides is 1. The zero-order valence-corrected chi connectivity index (χ0v) is 15.9. The molecule has 0 unspecified atom stereocenters. The first-order valence-electron chi connectivity index (χ1n) is 8.89. The molecule has 28 heavy (non-hydrogen) atoms. The highest BCUT2D eigenvalue weighted by Crippen LogP contribution is 2.49. The zero-order valence-electron chi connectivity index (χ0n) is 15.1. The Hall–Kier alpha value is -2.54. The highest BCUT2D eigenvalue weighted by Gasteiger charge is 2.50. The molecule has 3 rings (SSSR count). The van der Waals surface area contributed by atoms with E-state index in [0.29, 0.717) is 0 Å². The van der Waals surface area contributed by atoms with Gasteiger partial charge in [-0.2, -0.15) is 0 Å². The second kappa shape index (κ2) is 7.47. The van der Waals surface area contributed by atoms with Crippen molar-refractivity contribution in [2.24, 2.45) is 5.92 Å². The second-order valence-electron chi connectivity index (χ2n) is 7.03. The Morgan fingerprint density at radius 3 is 2.25 bits per heavy atom. The third-order valence-corrected chi connectivity index (χ3v) is 8.07. The number of hydrogen-bond donors (Lipinski definition) is 0. The van der Waals surface area contributed by atoms with Crippen LogP contribution < -0.4 is 5.73 Å². The molecule has 0 aromatic heterocycles. The number of nitrogens with one attached hydrogen (secondary N) is 1. The molecule has 2 aromatic carbocycles. The van der Waals surface area contributed by atoms with Crippen LogP contribution in [0.4, 0.5) is 8.78 Å². The molecular weight excluding hydrogens is 384 g/mol. The first-order valence-corrected chi connectivity index (χ1v) is 10.4. The van der Waals surface area contributed by atoms with E-state index in [1.165, 1.54) is 12.1 Å². The van der Waals surface area contributed by atoms with Gasteiger partial charge in [-0.3, -0.25) is 10.5 Å². The Labute approximate surface area is 163 Å². The zero-order chi connectivity index (χ0) is 20.5. The largest absolute Gasteiger partial charge is 0.273 e. The van der Waals surface area contributed by atoms with E-state index in [9.17, 15) is 22.0 Å². The quantitative estimate of drug-likeness (QED) is 0.747. The van der Waals surface area contributed by atoms with E-state index in [0.717, 1.165) is 23.8 Å². The lowest BCUT2D eigenvalue weighted by Gasteiger charge is -2.39. The third-order valence-electron chi connectivity index (χ3n) is 5.52. The van der Waals surface area contributed by atoms with Gasteiger partial charge in [0.2, 0.25) is 5.91 Å². The molecule has 0 saturated heterocycles. The van der Waals surface area contributed by atoms with Gasteiger partial charge in [0, 0.05) is 11.5 Å². The van der Waals surface area contributed by atoms with Crippen LogP contribution in [0.2, 0.25) is 0 Å².